The molecule has 7 nitrogen and oxygen atoms in total. The zero-order valence-electron chi connectivity index (χ0n) is 23.0. The molecule has 0 aromatic heterocycles. The fourth-order valence-corrected chi connectivity index (χ4v) is 4.99. The number of hydrogen-bond donors (Lipinski definition) is 0. The number of hydrogen-bond acceptors (Lipinski definition) is 6. The summed E-state index contributed by atoms with van der Waals surface area (Å²) in [6.45, 7) is 1.13. The number of nitrogens with zero attached hydrogens (tertiary/aromatic N) is 1. The average Bonchev–Trinajstić information content (AvgIpc) is 3.42. The molecule has 0 radical (unpaired) electrons. The third kappa shape index (κ3) is 7.01. The summed E-state index contributed by atoms with van der Waals surface area (Å²) in [6.07, 6.45) is -0.538. The second kappa shape index (κ2) is 13.7. The minimum Gasteiger partial charge on any atom is -0.468 e. The van der Waals surface area contributed by atoms with Gasteiger partial charge in [0, 0.05) is 19.4 Å². The molecule has 0 bridgehead atoms. The molecule has 0 N–H and O–H groups in total. The van der Waals surface area contributed by atoms with Crippen molar-refractivity contribution in [2.75, 3.05) is 33.7 Å². The molecule has 1 aliphatic heterocycles. The summed E-state index contributed by atoms with van der Waals surface area (Å²) in [5, 5.41) is 0. The van der Waals surface area contributed by atoms with Crippen LogP contribution < -0.4 is 4.74 Å². The van der Waals surface area contributed by atoms with E-state index in [1.165, 1.54) is 4.90 Å². The smallest absolute Gasteiger partial charge is 0.417 e. The van der Waals surface area contributed by atoms with Gasteiger partial charge >= 0.3 is 6.09 Å². The van der Waals surface area contributed by atoms with E-state index in [4.69, 9.17) is 18.9 Å². The average molecular weight is 552 g/mol. The van der Waals surface area contributed by atoms with E-state index in [2.05, 4.69) is 24.3 Å². The van der Waals surface area contributed by atoms with Gasteiger partial charge in [0.15, 0.2) is 6.79 Å². The minimum absolute atomic E-state index is 0.0803. The number of cyclic esters (lactones) is 1. The third-order valence-corrected chi connectivity index (χ3v) is 7.13. The first-order valence-electron chi connectivity index (χ1n) is 13.6. The number of rotatable bonds is 12. The molecule has 0 unspecified atom stereocenters. The molecule has 0 aliphatic carbocycles. The largest absolute Gasteiger partial charge is 0.468 e. The lowest BCUT2D eigenvalue weighted by Gasteiger charge is -2.24. The van der Waals surface area contributed by atoms with E-state index < -0.39 is 12.1 Å². The maximum absolute atomic E-state index is 13.8. The number of carbonyl (C=O) groups excluding carboxylic acids is 2. The zero-order chi connectivity index (χ0) is 28.4. The van der Waals surface area contributed by atoms with E-state index in [0.29, 0.717) is 19.0 Å². The van der Waals surface area contributed by atoms with Gasteiger partial charge in [0.1, 0.15) is 18.4 Å². The van der Waals surface area contributed by atoms with Crippen LogP contribution in [-0.4, -0.2) is 50.6 Å². The lowest BCUT2D eigenvalue weighted by Crippen LogP contribution is -2.35. The van der Waals surface area contributed by atoms with Gasteiger partial charge in [-0.1, -0.05) is 97.1 Å². The summed E-state index contributed by atoms with van der Waals surface area (Å²) in [7, 11) is 1.62. The Labute approximate surface area is 240 Å². The Balaban J connectivity index is 1.42. The fraction of sp³-hybridized carbons (Fsp3) is 0.235. The summed E-state index contributed by atoms with van der Waals surface area (Å²) in [5.41, 5.74) is 4.90. The van der Waals surface area contributed by atoms with Crippen LogP contribution in [0.25, 0.3) is 11.1 Å². The molecule has 0 spiro atoms. The number of imide groups is 1. The normalized spacial score (nSPS) is 15.4. The monoisotopic (exact) mass is 551 g/mol. The lowest BCUT2D eigenvalue weighted by molar-refractivity contribution is -0.129. The standard InChI is InChI=1S/C34H33NO6/c1-38-19-20-39-24-41-30-14-8-13-29(21-30)31(27-17-15-26(16-18-27)25-9-4-2-5-10-25)22-33(36)35-32(23-40-34(35)37)28-11-6-3-7-12-28/h2-18,21,31-32H,19-20,22-24H2,1H3/t31-,32-/m1/s1. The van der Waals surface area contributed by atoms with Crippen LogP contribution in [0.4, 0.5) is 4.79 Å². The van der Waals surface area contributed by atoms with Gasteiger partial charge in [-0.2, -0.15) is 0 Å². The molecule has 0 saturated carbocycles. The second-order valence-electron chi connectivity index (χ2n) is 9.75. The molecule has 2 atom stereocenters. The summed E-state index contributed by atoms with van der Waals surface area (Å²) in [4.78, 5) is 27.8. The van der Waals surface area contributed by atoms with Crippen LogP contribution in [0.1, 0.15) is 35.1 Å². The Kier molecular flexibility index (Phi) is 9.41. The highest BCUT2D eigenvalue weighted by atomic mass is 16.7. The van der Waals surface area contributed by atoms with Gasteiger partial charge in [-0.05, 0) is 39.9 Å². The van der Waals surface area contributed by atoms with Gasteiger partial charge in [-0.25, -0.2) is 9.69 Å². The Morgan fingerprint density at radius 1 is 0.854 bits per heavy atom. The van der Waals surface area contributed by atoms with Crippen molar-refractivity contribution >= 4 is 12.0 Å². The van der Waals surface area contributed by atoms with E-state index in [1.807, 2.05) is 84.9 Å². The van der Waals surface area contributed by atoms with E-state index in [9.17, 15) is 9.59 Å². The van der Waals surface area contributed by atoms with Crippen LogP contribution in [-0.2, 0) is 19.0 Å². The molecule has 5 rings (SSSR count). The topological polar surface area (TPSA) is 74.3 Å². The molecule has 4 aromatic rings. The second-order valence-corrected chi connectivity index (χ2v) is 9.75. The van der Waals surface area contributed by atoms with Crippen molar-refractivity contribution in [1.29, 1.82) is 0 Å². The number of amides is 2. The maximum atomic E-state index is 13.8. The molecule has 1 heterocycles. The van der Waals surface area contributed by atoms with Crippen molar-refractivity contribution in [2.45, 2.75) is 18.4 Å². The number of ether oxygens (including phenoxy) is 4. The predicted molar refractivity (Wildman–Crippen MR) is 155 cm³/mol. The van der Waals surface area contributed by atoms with E-state index in [-0.39, 0.29) is 31.6 Å². The van der Waals surface area contributed by atoms with Crippen molar-refractivity contribution in [3.63, 3.8) is 0 Å². The van der Waals surface area contributed by atoms with Crippen LogP contribution in [0.2, 0.25) is 0 Å². The van der Waals surface area contributed by atoms with E-state index >= 15 is 0 Å². The third-order valence-electron chi connectivity index (χ3n) is 7.13. The molecular weight excluding hydrogens is 518 g/mol. The zero-order valence-corrected chi connectivity index (χ0v) is 23.0. The Morgan fingerprint density at radius 2 is 1.56 bits per heavy atom. The molecule has 2 amide bonds. The van der Waals surface area contributed by atoms with E-state index in [0.717, 1.165) is 27.8 Å². The molecule has 1 fully saturated rings. The highest BCUT2D eigenvalue weighted by Gasteiger charge is 2.39. The number of carbonyl (C=O) groups is 2. The van der Waals surface area contributed by atoms with Gasteiger partial charge in [-0.15, -0.1) is 0 Å². The quantitative estimate of drug-likeness (QED) is 0.146. The van der Waals surface area contributed by atoms with Crippen LogP contribution in [0.5, 0.6) is 5.75 Å². The van der Waals surface area contributed by atoms with Gasteiger partial charge in [0.25, 0.3) is 0 Å². The fourth-order valence-electron chi connectivity index (χ4n) is 4.99. The first-order valence-corrected chi connectivity index (χ1v) is 13.6. The number of methoxy groups -OCH3 is 1. The Hall–Kier alpha value is -4.46. The van der Waals surface area contributed by atoms with Crippen LogP contribution >= 0.6 is 0 Å². The van der Waals surface area contributed by atoms with Crippen LogP contribution in [0.3, 0.4) is 0 Å². The molecule has 210 valence electrons. The molecule has 4 aromatic carbocycles. The van der Waals surface area contributed by atoms with Crippen molar-refractivity contribution in [2.24, 2.45) is 0 Å². The Bertz CT molecular complexity index is 1420. The Morgan fingerprint density at radius 3 is 2.29 bits per heavy atom. The first kappa shape index (κ1) is 28.1. The van der Waals surface area contributed by atoms with Crippen molar-refractivity contribution in [3.05, 3.63) is 126 Å². The molecule has 1 saturated heterocycles. The van der Waals surface area contributed by atoms with Crippen molar-refractivity contribution in [1.82, 2.24) is 4.90 Å². The van der Waals surface area contributed by atoms with Gasteiger partial charge < -0.3 is 18.9 Å². The minimum atomic E-state index is -0.618. The molecule has 7 heteroatoms. The van der Waals surface area contributed by atoms with Crippen LogP contribution in [0.15, 0.2) is 109 Å². The number of benzene rings is 4. The van der Waals surface area contributed by atoms with Crippen LogP contribution in [0, 0.1) is 0 Å². The predicted octanol–water partition coefficient (Wildman–Crippen LogP) is 6.60. The maximum Gasteiger partial charge on any atom is 0.417 e. The summed E-state index contributed by atoms with van der Waals surface area (Å²) < 4.78 is 21.6. The SMILES string of the molecule is COCCOCOc1cccc([C@H](CC(=O)N2C(=O)OC[C@@H]2c2ccccc2)c2ccc(-c3ccccc3)cc2)c1. The van der Waals surface area contributed by atoms with Crippen molar-refractivity contribution in [3.8, 4) is 16.9 Å². The highest BCUT2D eigenvalue weighted by molar-refractivity contribution is 5.94. The summed E-state index contributed by atoms with van der Waals surface area (Å²) in [5.74, 6) is 0.00355. The van der Waals surface area contributed by atoms with Gasteiger partial charge in [-0.3, -0.25) is 4.79 Å². The van der Waals surface area contributed by atoms with E-state index in [1.54, 1.807) is 7.11 Å². The summed E-state index contributed by atoms with van der Waals surface area (Å²) >= 11 is 0. The molecule has 1 aliphatic rings. The van der Waals surface area contributed by atoms with Gasteiger partial charge in [0.05, 0.1) is 13.2 Å². The lowest BCUT2D eigenvalue weighted by atomic mass is 9.87. The summed E-state index contributed by atoms with van der Waals surface area (Å²) in [6, 6.07) is 35.0. The first-order chi connectivity index (χ1) is 20.1. The van der Waals surface area contributed by atoms with Gasteiger partial charge in [0.2, 0.25) is 5.91 Å². The van der Waals surface area contributed by atoms with Crippen molar-refractivity contribution < 1.29 is 28.5 Å². The molecule has 41 heavy (non-hydrogen) atoms. The highest BCUT2D eigenvalue weighted by Crippen LogP contribution is 2.35. The molecular formula is C34H33NO6.